The minimum atomic E-state index is -0.990. The van der Waals surface area contributed by atoms with Gasteiger partial charge in [-0.25, -0.2) is 4.79 Å². The van der Waals surface area contributed by atoms with E-state index in [0.717, 1.165) is 0 Å². The largest absolute Gasteiger partial charge is 0.493 e. The van der Waals surface area contributed by atoms with E-state index in [4.69, 9.17) is 14.2 Å². The van der Waals surface area contributed by atoms with Crippen molar-refractivity contribution in [2.45, 2.75) is 6.04 Å². The fraction of sp³-hybridized carbons (Fsp3) is 0.211. The van der Waals surface area contributed by atoms with Gasteiger partial charge in [0, 0.05) is 18.2 Å². The number of hydrogen-bond acceptors (Lipinski definition) is 6. The maximum Gasteiger partial charge on any atom is 0.340 e. The minimum Gasteiger partial charge on any atom is -0.493 e. The molecule has 3 rings (SSSR count). The second-order valence-corrected chi connectivity index (χ2v) is 5.50. The molecule has 0 saturated carbocycles. The minimum absolute atomic E-state index is 0.324. The molecular weight excluding hydrogens is 336 g/mol. The second-order valence-electron chi connectivity index (χ2n) is 5.50. The van der Waals surface area contributed by atoms with E-state index in [2.05, 4.69) is 10.3 Å². The topological polar surface area (TPSA) is 86.2 Å². The van der Waals surface area contributed by atoms with Crippen molar-refractivity contribution in [1.82, 2.24) is 5.32 Å². The first-order valence-corrected chi connectivity index (χ1v) is 7.89. The average Bonchev–Trinajstić information content (AvgIpc) is 2.67. The summed E-state index contributed by atoms with van der Waals surface area (Å²) in [6.07, 6.45) is 0. The van der Waals surface area contributed by atoms with Gasteiger partial charge in [0.05, 0.1) is 19.9 Å². The summed E-state index contributed by atoms with van der Waals surface area (Å²) in [7, 11) is 4.56. The summed E-state index contributed by atoms with van der Waals surface area (Å²) >= 11 is 0. The number of nitrogens with zero attached hydrogens (tertiary/aromatic N) is 1. The number of benzene rings is 2. The van der Waals surface area contributed by atoms with Crippen LogP contribution in [0.15, 0.2) is 47.5 Å². The van der Waals surface area contributed by atoms with Gasteiger partial charge < -0.3 is 19.5 Å². The molecule has 1 N–H and O–H groups in total. The van der Waals surface area contributed by atoms with E-state index in [0.29, 0.717) is 34.1 Å². The quantitative estimate of drug-likeness (QED) is 0.669. The zero-order chi connectivity index (χ0) is 18.7. The van der Waals surface area contributed by atoms with Crippen molar-refractivity contribution in [3.8, 4) is 17.2 Å². The lowest BCUT2D eigenvalue weighted by atomic mass is 9.99. The van der Waals surface area contributed by atoms with Gasteiger partial charge in [0.25, 0.3) is 5.91 Å². The van der Waals surface area contributed by atoms with Gasteiger partial charge in [0.15, 0.2) is 17.5 Å². The number of carbonyl (C=O) groups is 2. The highest BCUT2D eigenvalue weighted by molar-refractivity contribution is 6.21. The summed E-state index contributed by atoms with van der Waals surface area (Å²) in [5.74, 6) is 0.313. The SMILES string of the molecule is CN=C1c2ccccc2OC(=O)C1NC(=O)c1ccc(OC)c(OC)c1. The molecule has 0 fully saturated rings. The molecule has 0 saturated heterocycles. The number of esters is 1. The van der Waals surface area contributed by atoms with Gasteiger partial charge in [-0.15, -0.1) is 0 Å². The molecule has 2 aromatic carbocycles. The molecule has 1 aliphatic heterocycles. The molecule has 0 spiro atoms. The zero-order valence-corrected chi connectivity index (χ0v) is 14.6. The van der Waals surface area contributed by atoms with E-state index in [9.17, 15) is 9.59 Å². The van der Waals surface area contributed by atoms with Crippen molar-refractivity contribution in [3.05, 3.63) is 53.6 Å². The molecule has 26 heavy (non-hydrogen) atoms. The Morgan fingerprint density at radius 1 is 1.12 bits per heavy atom. The van der Waals surface area contributed by atoms with Crippen molar-refractivity contribution < 1.29 is 23.8 Å². The van der Waals surface area contributed by atoms with E-state index >= 15 is 0 Å². The third-order valence-electron chi connectivity index (χ3n) is 4.04. The van der Waals surface area contributed by atoms with E-state index in [1.54, 1.807) is 43.4 Å². The van der Waals surface area contributed by atoms with Gasteiger partial charge in [-0.05, 0) is 30.3 Å². The summed E-state index contributed by atoms with van der Waals surface area (Å²) in [5, 5.41) is 2.67. The third kappa shape index (κ3) is 3.11. The van der Waals surface area contributed by atoms with Crippen LogP contribution in [-0.4, -0.2) is 44.9 Å². The van der Waals surface area contributed by atoms with Gasteiger partial charge in [0.2, 0.25) is 0 Å². The lowest BCUT2D eigenvalue weighted by Crippen LogP contribution is -2.51. The van der Waals surface area contributed by atoms with Gasteiger partial charge in [-0.1, -0.05) is 12.1 Å². The predicted molar refractivity (Wildman–Crippen MR) is 95.3 cm³/mol. The number of fused-ring (bicyclic) bond motifs is 1. The number of nitrogens with one attached hydrogen (secondary N) is 1. The average molecular weight is 354 g/mol. The summed E-state index contributed by atoms with van der Waals surface area (Å²) in [5.41, 5.74) is 1.45. The number of carbonyl (C=O) groups excluding carboxylic acids is 2. The number of para-hydroxylation sites is 1. The molecule has 0 bridgehead atoms. The Morgan fingerprint density at radius 2 is 1.85 bits per heavy atom. The maximum atomic E-state index is 12.6. The molecule has 2 aromatic rings. The molecule has 1 aliphatic rings. The molecule has 134 valence electrons. The van der Waals surface area contributed by atoms with E-state index in [1.165, 1.54) is 14.2 Å². The summed E-state index contributed by atoms with van der Waals surface area (Å²) in [4.78, 5) is 29.2. The number of hydrogen-bond donors (Lipinski definition) is 1. The zero-order valence-electron chi connectivity index (χ0n) is 14.6. The Bertz CT molecular complexity index is 891. The Labute approximate surface area is 150 Å². The second kappa shape index (κ2) is 7.26. The van der Waals surface area contributed by atoms with Crippen LogP contribution in [0.2, 0.25) is 0 Å². The van der Waals surface area contributed by atoms with Crippen molar-refractivity contribution >= 4 is 17.6 Å². The maximum absolute atomic E-state index is 12.6. The number of aliphatic imine (C=N–C) groups is 1. The van der Waals surface area contributed by atoms with Crippen LogP contribution in [-0.2, 0) is 4.79 Å². The van der Waals surface area contributed by atoms with Crippen molar-refractivity contribution in [3.63, 3.8) is 0 Å². The third-order valence-corrected chi connectivity index (χ3v) is 4.04. The molecule has 0 aromatic heterocycles. The molecule has 7 nitrogen and oxygen atoms in total. The Hall–Kier alpha value is -3.35. The summed E-state index contributed by atoms with van der Waals surface area (Å²) in [6, 6.07) is 10.8. The van der Waals surface area contributed by atoms with Crippen LogP contribution in [0, 0.1) is 0 Å². The van der Waals surface area contributed by atoms with Crippen molar-refractivity contribution in [1.29, 1.82) is 0 Å². The van der Waals surface area contributed by atoms with Crippen molar-refractivity contribution in [2.24, 2.45) is 4.99 Å². The van der Waals surface area contributed by atoms with Gasteiger partial charge in [0.1, 0.15) is 5.75 Å². The van der Waals surface area contributed by atoms with Crippen molar-refractivity contribution in [2.75, 3.05) is 21.3 Å². The smallest absolute Gasteiger partial charge is 0.340 e. The van der Waals surface area contributed by atoms with Crippen LogP contribution in [0.3, 0.4) is 0 Å². The first-order chi connectivity index (χ1) is 12.6. The molecular formula is C19H18N2O5. The normalized spacial score (nSPS) is 17.3. The molecule has 0 radical (unpaired) electrons. The van der Waals surface area contributed by atoms with Crippen LogP contribution in [0.4, 0.5) is 0 Å². The van der Waals surface area contributed by atoms with Gasteiger partial charge >= 0.3 is 5.97 Å². The number of methoxy groups -OCH3 is 2. The molecule has 0 aliphatic carbocycles. The lowest BCUT2D eigenvalue weighted by molar-refractivity contribution is -0.135. The van der Waals surface area contributed by atoms with E-state index in [1.807, 2.05) is 6.07 Å². The number of rotatable bonds is 4. The Morgan fingerprint density at radius 3 is 2.54 bits per heavy atom. The predicted octanol–water partition coefficient (Wildman–Crippen LogP) is 1.84. The molecule has 1 heterocycles. The van der Waals surface area contributed by atoms with Gasteiger partial charge in [-0.2, -0.15) is 0 Å². The van der Waals surface area contributed by atoms with Crippen LogP contribution >= 0.6 is 0 Å². The highest BCUT2D eigenvalue weighted by Gasteiger charge is 2.35. The molecule has 1 atom stereocenters. The lowest BCUT2D eigenvalue weighted by Gasteiger charge is -2.25. The van der Waals surface area contributed by atoms with Crippen LogP contribution < -0.4 is 19.5 Å². The monoisotopic (exact) mass is 354 g/mol. The molecule has 7 heteroatoms. The van der Waals surface area contributed by atoms with Gasteiger partial charge in [-0.3, -0.25) is 9.79 Å². The highest BCUT2D eigenvalue weighted by Crippen LogP contribution is 2.28. The summed E-state index contributed by atoms with van der Waals surface area (Å²) < 4.78 is 15.7. The number of ether oxygens (including phenoxy) is 3. The fourth-order valence-corrected chi connectivity index (χ4v) is 2.77. The number of amides is 1. The fourth-order valence-electron chi connectivity index (χ4n) is 2.77. The van der Waals surface area contributed by atoms with Crippen LogP contribution in [0.5, 0.6) is 17.2 Å². The van der Waals surface area contributed by atoms with E-state index in [-0.39, 0.29) is 0 Å². The molecule has 1 unspecified atom stereocenters. The first-order valence-electron chi connectivity index (χ1n) is 7.89. The highest BCUT2D eigenvalue weighted by atomic mass is 16.5. The summed E-state index contributed by atoms with van der Waals surface area (Å²) in [6.45, 7) is 0. The first kappa shape index (κ1) is 17.5. The standard InChI is InChI=1S/C19H18N2O5/c1-20-16-12-6-4-5-7-13(12)26-19(23)17(16)21-18(22)11-8-9-14(24-2)15(10-11)25-3/h4-10,17H,1-3H3,(H,21,22). The molecule has 1 amide bonds. The van der Waals surface area contributed by atoms with Crippen LogP contribution in [0.25, 0.3) is 0 Å². The van der Waals surface area contributed by atoms with E-state index < -0.39 is 17.9 Å². The Balaban J connectivity index is 1.88. The van der Waals surface area contributed by atoms with Crippen LogP contribution in [0.1, 0.15) is 15.9 Å². The Kier molecular flexibility index (Phi) is 4.88.